The Bertz CT molecular complexity index is 590. The number of nitrogens with one attached hydrogen (secondary N) is 2. The summed E-state index contributed by atoms with van der Waals surface area (Å²) < 4.78 is 35.7. The van der Waals surface area contributed by atoms with Gasteiger partial charge in [-0.05, 0) is 40.0 Å². The summed E-state index contributed by atoms with van der Waals surface area (Å²) in [6.07, 6.45) is 2.05. The molecule has 5 nitrogen and oxygen atoms in total. The fourth-order valence-electron chi connectivity index (χ4n) is 2.05. The number of guanidine groups is 1. The molecule has 9 heteroatoms. The van der Waals surface area contributed by atoms with Crippen molar-refractivity contribution in [2.45, 2.75) is 45.6 Å². The molecule has 1 aromatic carbocycles. The number of aliphatic imine (C=N–C) groups is 1. The van der Waals surface area contributed by atoms with E-state index in [1.807, 2.05) is 6.92 Å². The zero-order valence-electron chi connectivity index (χ0n) is 16.5. The number of hydrogen-bond acceptors (Lipinski definition) is 4. The number of rotatable bonds is 10. The molecule has 0 unspecified atom stereocenters. The van der Waals surface area contributed by atoms with Crippen molar-refractivity contribution in [2.24, 2.45) is 4.99 Å². The largest absolute Gasteiger partial charge is 0.490 e. The molecule has 0 amide bonds. The number of para-hydroxylation sites is 1. The van der Waals surface area contributed by atoms with Gasteiger partial charge < -0.3 is 20.1 Å². The standard InChI is InChI=1S/C18H29F2N3O2S.HI/c1-6-21-17(23-12-18(3,4)26-5)22-11-13-9-8-10-14(24-7-2)15(13)25-16(19)20;/h8-10,16H,6-7,11-12H2,1-5H3,(H2,21,22,23);1H. The molecule has 0 aromatic heterocycles. The van der Waals surface area contributed by atoms with Gasteiger partial charge in [-0.15, -0.1) is 24.0 Å². The minimum atomic E-state index is -2.92. The lowest BCUT2D eigenvalue weighted by atomic mass is 10.2. The Hall–Kier alpha value is -0.970. The van der Waals surface area contributed by atoms with Gasteiger partial charge in [0.05, 0.1) is 13.2 Å². The molecule has 0 saturated carbocycles. The van der Waals surface area contributed by atoms with E-state index >= 15 is 0 Å². The van der Waals surface area contributed by atoms with Crippen LogP contribution in [0, 0.1) is 0 Å². The average molecular weight is 517 g/mol. The summed E-state index contributed by atoms with van der Waals surface area (Å²) >= 11 is 1.75. The second-order valence-electron chi connectivity index (χ2n) is 6.07. The van der Waals surface area contributed by atoms with Crippen molar-refractivity contribution in [3.8, 4) is 11.5 Å². The van der Waals surface area contributed by atoms with Gasteiger partial charge in [0.15, 0.2) is 17.5 Å². The van der Waals surface area contributed by atoms with Gasteiger partial charge >= 0.3 is 6.61 Å². The first-order valence-corrected chi connectivity index (χ1v) is 9.82. The second-order valence-corrected chi connectivity index (χ2v) is 7.58. The molecule has 0 bridgehead atoms. The van der Waals surface area contributed by atoms with E-state index < -0.39 is 6.61 Å². The molecular weight excluding hydrogens is 487 g/mol. The molecule has 0 heterocycles. The van der Waals surface area contributed by atoms with Crippen molar-refractivity contribution in [3.05, 3.63) is 23.8 Å². The second kappa shape index (κ2) is 13.2. The summed E-state index contributed by atoms with van der Waals surface area (Å²) in [6, 6.07) is 5.06. The molecule has 0 aliphatic rings. The lowest BCUT2D eigenvalue weighted by molar-refractivity contribution is -0.0520. The first-order valence-electron chi connectivity index (χ1n) is 8.59. The van der Waals surface area contributed by atoms with Crippen LogP contribution in [-0.4, -0.2) is 43.3 Å². The minimum absolute atomic E-state index is 0. The van der Waals surface area contributed by atoms with Crippen LogP contribution in [0.2, 0.25) is 0 Å². The molecule has 0 fully saturated rings. The number of hydrogen-bond donors (Lipinski definition) is 2. The number of nitrogens with zero attached hydrogens (tertiary/aromatic N) is 1. The number of benzene rings is 1. The SMILES string of the molecule is CCNC(=NCc1cccc(OCC)c1OC(F)F)NCC(C)(C)SC.I. The molecule has 156 valence electrons. The maximum Gasteiger partial charge on any atom is 0.387 e. The summed E-state index contributed by atoms with van der Waals surface area (Å²) in [4.78, 5) is 4.49. The topological polar surface area (TPSA) is 54.9 Å². The fraction of sp³-hybridized carbons (Fsp3) is 0.611. The van der Waals surface area contributed by atoms with Crippen molar-refractivity contribution in [1.82, 2.24) is 10.6 Å². The van der Waals surface area contributed by atoms with Gasteiger partial charge in [0.2, 0.25) is 0 Å². The Labute approximate surface area is 182 Å². The van der Waals surface area contributed by atoms with Gasteiger partial charge in [0.1, 0.15) is 0 Å². The average Bonchev–Trinajstić information content (AvgIpc) is 2.59. The lowest BCUT2D eigenvalue weighted by Gasteiger charge is -2.23. The Morgan fingerprint density at radius 3 is 2.52 bits per heavy atom. The zero-order chi connectivity index (χ0) is 19.6. The monoisotopic (exact) mass is 517 g/mol. The van der Waals surface area contributed by atoms with Gasteiger partial charge in [0, 0.05) is 23.4 Å². The van der Waals surface area contributed by atoms with Crippen LogP contribution in [0.25, 0.3) is 0 Å². The molecule has 1 rings (SSSR count). The normalized spacial score (nSPS) is 11.8. The molecule has 27 heavy (non-hydrogen) atoms. The van der Waals surface area contributed by atoms with Crippen molar-refractivity contribution < 1.29 is 18.3 Å². The van der Waals surface area contributed by atoms with Crippen molar-refractivity contribution in [3.63, 3.8) is 0 Å². The number of alkyl halides is 2. The third-order valence-corrected chi connectivity index (χ3v) is 4.80. The molecule has 0 aliphatic carbocycles. The number of thioether (sulfide) groups is 1. The molecule has 0 atom stereocenters. The van der Waals surface area contributed by atoms with Gasteiger partial charge in [0.25, 0.3) is 0 Å². The van der Waals surface area contributed by atoms with Gasteiger partial charge in [-0.25, -0.2) is 4.99 Å². The molecule has 0 radical (unpaired) electrons. The maximum absolute atomic E-state index is 12.8. The smallest absolute Gasteiger partial charge is 0.387 e. The summed E-state index contributed by atoms with van der Waals surface area (Å²) in [6.45, 7) is 7.08. The van der Waals surface area contributed by atoms with Gasteiger partial charge in [-0.1, -0.05) is 12.1 Å². The van der Waals surface area contributed by atoms with Crippen LogP contribution in [0.15, 0.2) is 23.2 Å². The molecule has 0 spiro atoms. The Morgan fingerprint density at radius 1 is 1.26 bits per heavy atom. The quantitative estimate of drug-likeness (QED) is 0.272. The van der Waals surface area contributed by atoms with E-state index in [4.69, 9.17) is 4.74 Å². The summed E-state index contributed by atoms with van der Waals surface area (Å²) in [7, 11) is 0. The lowest BCUT2D eigenvalue weighted by Crippen LogP contribution is -2.43. The van der Waals surface area contributed by atoms with Crippen molar-refractivity contribution >= 4 is 41.7 Å². The van der Waals surface area contributed by atoms with Crippen molar-refractivity contribution in [2.75, 3.05) is 26.0 Å². The van der Waals surface area contributed by atoms with E-state index in [2.05, 4.69) is 40.5 Å². The predicted octanol–water partition coefficient (Wildman–Crippen LogP) is 4.50. The summed E-state index contributed by atoms with van der Waals surface area (Å²) in [5.41, 5.74) is 0.539. The van der Waals surface area contributed by atoms with E-state index in [-0.39, 0.29) is 41.0 Å². The van der Waals surface area contributed by atoms with E-state index in [0.29, 0.717) is 30.4 Å². The highest BCUT2D eigenvalue weighted by Crippen LogP contribution is 2.33. The highest BCUT2D eigenvalue weighted by molar-refractivity contribution is 14.0. The van der Waals surface area contributed by atoms with Gasteiger partial charge in [-0.2, -0.15) is 20.5 Å². The first-order chi connectivity index (χ1) is 12.3. The van der Waals surface area contributed by atoms with E-state index in [1.54, 1.807) is 36.9 Å². The maximum atomic E-state index is 12.8. The first kappa shape index (κ1) is 26.0. The fourth-order valence-corrected chi connectivity index (χ4v) is 2.27. The number of halogens is 3. The Morgan fingerprint density at radius 2 is 1.96 bits per heavy atom. The summed E-state index contributed by atoms with van der Waals surface area (Å²) in [5, 5.41) is 6.44. The van der Waals surface area contributed by atoms with Crippen LogP contribution in [0.5, 0.6) is 11.5 Å². The third kappa shape index (κ3) is 9.68. The Kier molecular flexibility index (Phi) is 12.8. The van der Waals surface area contributed by atoms with Crippen LogP contribution < -0.4 is 20.1 Å². The van der Waals surface area contributed by atoms with Crippen LogP contribution in [-0.2, 0) is 6.54 Å². The van der Waals surface area contributed by atoms with E-state index in [0.717, 1.165) is 6.54 Å². The van der Waals surface area contributed by atoms with Crippen LogP contribution in [0.1, 0.15) is 33.3 Å². The van der Waals surface area contributed by atoms with Crippen molar-refractivity contribution in [1.29, 1.82) is 0 Å². The van der Waals surface area contributed by atoms with Crippen LogP contribution in [0.4, 0.5) is 8.78 Å². The molecule has 1 aromatic rings. The van der Waals surface area contributed by atoms with E-state index in [1.165, 1.54) is 0 Å². The van der Waals surface area contributed by atoms with Crippen LogP contribution >= 0.6 is 35.7 Å². The molecule has 2 N–H and O–H groups in total. The highest BCUT2D eigenvalue weighted by Gasteiger charge is 2.17. The molecule has 0 aliphatic heterocycles. The third-order valence-electron chi connectivity index (χ3n) is 3.55. The predicted molar refractivity (Wildman–Crippen MR) is 120 cm³/mol. The summed E-state index contributed by atoms with van der Waals surface area (Å²) in [5.74, 6) is 0.954. The Balaban J connectivity index is 0.00000676. The van der Waals surface area contributed by atoms with Gasteiger partial charge in [-0.3, -0.25) is 0 Å². The van der Waals surface area contributed by atoms with E-state index in [9.17, 15) is 8.78 Å². The van der Waals surface area contributed by atoms with Crippen LogP contribution in [0.3, 0.4) is 0 Å². The number of ether oxygens (including phenoxy) is 2. The zero-order valence-corrected chi connectivity index (χ0v) is 19.6. The minimum Gasteiger partial charge on any atom is -0.490 e. The molecular formula is C18H30F2IN3O2S. The highest BCUT2D eigenvalue weighted by atomic mass is 127. The molecule has 0 saturated heterocycles.